The number of Topliss-reactive ketones (excluding diaryl/α,β-unsaturated/α-hetero) is 4. The minimum Gasteiger partial charge on any atom is -0.340 e. The van der Waals surface area contributed by atoms with E-state index in [0.29, 0.717) is 19.4 Å². The Bertz CT molecular complexity index is 1360. The van der Waals surface area contributed by atoms with Gasteiger partial charge in [-0.25, -0.2) is 4.98 Å². The molecular weight excluding hydrogens is 620 g/mol. The molecule has 3 rings (SSSR count). The van der Waals surface area contributed by atoms with E-state index in [9.17, 15) is 28.8 Å². The average Bonchev–Trinajstić information content (AvgIpc) is 3.62. The fourth-order valence-electron chi connectivity index (χ4n) is 7.52. The molecule has 2 aliphatic rings. The van der Waals surface area contributed by atoms with Gasteiger partial charge in [-0.05, 0) is 53.8 Å². The van der Waals surface area contributed by atoms with Crippen LogP contribution >= 0.6 is 0 Å². The highest BCUT2D eigenvalue weighted by atomic mass is 16.2. The molecule has 1 N–H and O–H groups in total. The van der Waals surface area contributed by atoms with Crippen molar-refractivity contribution in [2.75, 3.05) is 6.54 Å². The van der Waals surface area contributed by atoms with Crippen molar-refractivity contribution in [1.29, 1.82) is 0 Å². The number of aromatic nitrogens is 2. The maximum atomic E-state index is 14.6. The summed E-state index contributed by atoms with van der Waals surface area (Å²) < 4.78 is 0. The van der Waals surface area contributed by atoms with Crippen molar-refractivity contribution in [3.05, 3.63) is 24.3 Å². The van der Waals surface area contributed by atoms with Gasteiger partial charge in [-0.3, -0.25) is 33.8 Å². The summed E-state index contributed by atoms with van der Waals surface area (Å²) in [5, 5.41) is 2.84. The molecule has 1 aliphatic carbocycles. The number of nitrogens with zero attached hydrogens (tertiary/aromatic N) is 3. The largest absolute Gasteiger partial charge is 0.340 e. The van der Waals surface area contributed by atoms with E-state index in [1.54, 1.807) is 4.90 Å². The first kappa shape index (κ1) is 40.1. The Kier molecular flexibility index (Phi) is 13.6. The third kappa shape index (κ3) is 10.1. The molecule has 10 heteroatoms. The smallest absolute Gasteiger partial charge is 0.272 e. The summed E-state index contributed by atoms with van der Waals surface area (Å²) in [7, 11) is 0. The zero-order valence-corrected chi connectivity index (χ0v) is 31.5. The fourth-order valence-corrected chi connectivity index (χ4v) is 7.52. The first-order chi connectivity index (χ1) is 22.8. The summed E-state index contributed by atoms with van der Waals surface area (Å²) in [4.78, 5) is 92.1. The fraction of sp³-hybridized carbons (Fsp3) is 0.744. The molecule has 0 aromatic carbocycles. The first-order valence-electron chi connectivity index (χ1n) is 18.3. The molecule has 0 unspecified atom stereocenters. The van der Waals surface area contributed by atoms with E-state index in [4.69, 9.17) is 0 Å². The molecule has 0 bridgehead atoms. The van der Waals surface area contributed by atoms with Gasteiger partial charge in [-0.15, -0.1) is 0 Å². The van der Waals surface area contributed by atoms with Crippen LogP contribution in [-0.4, -0.2) is 68.4 Å². The topological polar surface area (TPSA) is 143 Å². The molecule has 1 saturated heterocycles. The summed E-state index contributed by atoms with van der Waals surface area (Å²) in [6.07, 6.45) is 8.01. The minimum absolute atomic E-state index is 0.00425. The Morgan fingerprint density at radius 3 is 2.14 bits per heavy atom. The number of hydrogen-bond acceptors (Lipinski definition) is 8. The van der Waals surface area contributed by atoms with Gasteiger partial charge < -0.3 is 10.2 Å². The normalized spacial score (nSPS) is 21.9. The number of carbonyl (C=O) groups is 6. The van der Waals surface area contributed by atoms with Crippen LogP contribution in [0.15, 0.2) is 18.6 Å². The van der Waals surface area contributed by atoms with Crippen molar-refractivity contribution >= 4 is 34.9 Å². The second kappa shape index (κ2) is 16.6. The molecule has 1 aromatic heterocycles. The summed E-state index contributed by atoms with van der Waals surface area (Å²) in [6, 6.07) is -1.58. The van der Waals surface area contributed by atoms with E-state index in [1.165, 1.54) is 18.6 Å². The molecule has 0 radical (unpaired) electrons. The number of hydrogen-bond donors (Lipinski definition) is 1. The van der Waals surface area contributed by atoms with E-state index in [-0.39, 0.29) is 66.1 Å². The quantitative estimate of drug-likeness (QED) is 0.208. The van der Waals surface area contributed by atoms with Crippen LogP contribution in [-0.2, 0) is 24.0 Å². The van der Waals surface area contributed by atoms with Crippen molar-refractivity contribution in [1.82, 2.24) is 20.2 Å². The van der Waals surface area contributed by atoms with Crippen LogP contribution in [0, 0.1) is 46.3 Å². The third-order valence-corrected chi connectivity index (χ3v) is 10.9. The SMILES string of the molecule is CCC[C@H](CC(=O)[C@@H]1[C@H]2CCC[C@H]2CN1C(=O)[C@@H](CC(=O)[C@@H](NC(=O)c1cnccn1)C(C)(C)C)C(C)(C)C)C(=O)C(=O)C[C@@H](C)C(C)C. The summed E-state index contributed by atoms with van der Waals surface area (Å²) in [5.74, 6) is -3.06. The van der Waals surface area contributed by atoms with Gasteiger partial charge in [-0.1, -0.05) is 82.1 Å². The molecule has 2 amide bonds. The Hall–Kier alpha value is -3.30. The van der Waals surface area contributed by atoms with Gasteiger partial charge in [0.25, 0.3) is 5.91 Å². The predicted molar refractivity (Wildman–Crippen MR) is 188 cm³/mol. The van der Waals surface area contributed by atoms with Crippen LogP contribution < -0.4 is 5.32 Å². The second-order valence-electron chi connectivity index (χ2n) is 17.1. The highest BCUT2D eigenvalue weighted by molar-refractivity contribution is 6.38. The lowest BCUT2D eigenvalue weighted by atomic mass is 9.73. The van der Waals surface area contributed by atoms with Crippen molar-refractivity contribution in [2.45, 2.75) is 133 Å². The molecule has 1 aromatic rings. The van der Waals surface area contributed by atoms with E-state index >= 15 is 0 Å². The number of ketones is 4. The number of likely N-dealkylation sites (tertiary alicyclic amines) is 1. The lowest BCUT2D eigenvalue weighted by Gasteiger charge is -2.38. The van der Waals surface area contributed by atoms with E-state index < -0.39 is 52.2 Å². The lowest BCUT2D eigenvalue weighted by molar-refractivity contribution is -0.147. The number of carbonyl (C=O) groups excluding carboxylic acids is 6. The molecule has 7 atom stereocenters. The van der Waals surface area contributed by atoms with E-state index in [2.05, 4.69) is 15.3 Å². The van der Waals surface area contributed by atoms with Crippen LogP contribution in [0.4, 0.5) is 0 Å². The van der Waals surface area contributed by atoms with Crippen molar-refractivity contribution in [3.63, 3.8) is 0 Å². The lowest BCUT2D eigenvalue weighted by Crippen LogP contribution is -2.53. The highest BCUT2D eigenvalue weighted by Crippen LogP contribution is 2.45. The van der Waals surface area contributed by atoms with E-state index in [0.717, 1.165) is 19.3 Å². The molecule has 272 valence electrons. The zero-order valence-electron chi connectivity index (χ0n) is 31.5. The third-order valence-electron chi connectivity index (χ3n) is 10.9. The Labute approximate surface area is 293 Å². The van der Waals surface area contributed by atoms with Crippen molar-refractivity contribution in [2.24, 2.45) is 46.3 Å². The van der Waals surface area contributed by atoms with Gasteiger partial charge in [0.2, 0.25) is 11.7 Å². The molecule has 1 saturated carbocycles. The minimum atomic E-state index is -0.896. The monoisotopic (exact) mass is 680 g/mol. The van der Waals surface area contributed by atoms with Gasteiger partial charge >= 0.3 is 0 Å². The summed E-state index contributed by atoms with van der Waals surface area (Å²) in [5.41, 5.74) is -1.20. The highest BCUT2D eigenvalue weighted by Gasteiger charge is 2.52. The van der Waals surface area contributed by atoms with Gasteiger partial charge in [0.15, 0.2) is 17.3 Å². The number of nitrogens with one attached hydrogen (secondary N) is 1. The first-order valence-corrected chi connectivity index (χ1v) is 18.3. The average molecular weight is 681 g/mol. The summed E-state index contributed by atoms with van der Waals surface area (Å²) >= 11 is 0. The van der Waals surface area contributed by atoms with Crippen LogP contribution in [0.2, 0.25) is 0 Å². The molecular formula is C39H60N4O6. The molecule has 2 heterocycles. The van der Waals surface area contributed by atoms with Gasteiger partial charge in [0.05, 0.1) is 18.3 Å². The second-order valence-corrected chi connectivity index (χ2v) is 17.1. The number of fused-ring (bicyclic) bond motifs is 1. The van der Waals surface area contributed by atoms with Crippen LogP contribution in [0.5, 0.6) is 0 Å². The van der Waals surface area contributed by atoms with Gasteiger partial charge in [0.1, 0.15) is 5.69 Å². The molecule has 2 fully saturated rings. The van der Waals surface area contributed by atoms with Crippen molar-refractivity contribution < 1.29 is 28.8 Å². The summed E-state index contributed by atoms with van der Waals surface area (Å²) in [6.45, 7) is 19.7. The maximum absolute atomic E-state index is 14.6. The van der Waals surface area contributed by atoms with Gasteiger partial charge in [0, 0.05) is 50.0 Å². The van der Waals surface area contributed by atoms with E-state index in [1.807, 2.05) is 69.2 Å². The molecule has 1 aliphatic heterocycles. The zero-order chi connectivity index (χ0) is 36.8. The number of amides is 2. The maximum Gasteiger partial charge on any atom is 0.272 e. The van der Waals surface area contributed by atoms with Crippen LogP contribution in [0.1, 0.15) is 131 Å². The Morgan fingerprint density at radius 1 is 0.918 bits per heavy atom. The van der Waals surface area contributed by atoms with Crippen molar-refractivity contribution in [3.8, 4) is 0 Å². The van der Waals surface area contributed by atoms with Crippen LogP contribution in [0.25, 0.3) is 0 Å². The molecule has 49 heavy (non-hydrogen) atoms. The standard InChI is InChI=1S/C39H60N4O6/c1-11-13-25(34(47)31(45)18-24(4)23(2)3)19-30(44)33-27-15-12-14-26(27)22-43(33)37(49)28(38(5,6)7)20-32(46)35(39(8,9)10)42-36(48)29-21-40-16-17-41-29/h16-17,21,23-28,33,35H,11-15,18-20,22H2,1-10H3,(H,42,48)/t24-,25-,26+,27+,28-,33+,35-/m1/s1. The predicted octanol–water partition coefficient (Wildman–Crippen LogP) is 6.07. The molecule has 0 spiro atoms. The van der Waals surface area contributed by atoms with Gasteiger partial charge in [-0.2, -0.15) is 0 Å². The Morgan fingerprint density at radius 2 is 1.59 bits per heavy atom. The Balaban J connectivity index is 1.87. The van der Waals surface area contributed by atoms with Crippen LogP contribution in [0.3, 0.4) is 0 Å². The molecule has 10 nitrogen and oxygen atoms in total. The number of rotatable bonds is 16.